The van der Waals surface area contributed by atoms with Gasteiger partial charge in [0.05, 0.1) is 0 Å². The predicted octanol–water partition coefficient (Wildman–Crippen LogP) is 3.45. The summed E-state index contributed by atoms with van der Waals surface area (Å²) in [5.41, 5.74) is 0. The molecule has 0 rings (SSSR count). The fraction of sp³-hybridized carbons (Fsp3) is 1.00. The SMILES string of the molecule is ClC(Cl)[CH2][Sn]([Cl])([Cl])[Cl]. The fourth-order valence-corrected chi connectivity index (χ4v) is 10.6. The zero-order valence-corrected chi connectivity index (χ0v) is 10.3. The van der Waals surface area contributed by atoms with E-state index in [1.54, 1.807) is 0 Å². The standard InChI is InChI=1S/C2H3Cl2.3ClH.Sn/c1-2(3)4;;;;/h2H,1H2;3*1H;/q;;;;+3/p-3. The molecule has 0 aliphatic heterocycles. The van der Waals surface area contributed by atoms with E-state index in [1.165, 1.54) is 0 Å². The van der Waals surface area contributed by atoms with E-state index >= 15 is 0 Å². The summed E-state index contributed by atoms with van der Waals surface area (Å²) in [6.07, 6.45) is 0. The maximum absolute atomic E-state index is 5.50. The van der Waals surface area contributed by atoms with Crippen LogP contribution >= 0.6 is 50.0 Å². The summed E-state index contributed by atoms with van der Waals surface area (Å²) < 4.78 is 0.364. The summed E-state index contributed by atoms with van der Waals surface area (Å²) >= 11 is 7.45. The average Bonchev–Trinajstić information content (AvgIpc) is 1.21. The Morgan fingerprint density at radius 3 is 1.50 bits per heavy atom. The van der Waals surface area contributed by atoms with Crippen molar-refractivity contribution in [3.8, 4) is 0 Å². The Balaban J connectivity index is 3.39. The van der Waals surface area contributed by atoms with Gasteiger partial charge >= 0.3 is 74.2 Å². The molecule has 0 heterocycles. The van der Waals surface area contributed by atoms with E-state index in [0.717, 1.165) is 0 Å². The van der Waals surface area contributed by atoms with Gasteiger partial charge < -0.3 is 0 Å². The molecule has 0 nitrogen and oxygen atoms in total. The van der Waals surface area contributed by atoms with Crippen LogP contribution in [0.5, 0.6) is 0 Å². The Morgan fingerprint density at radius 2 is 1.50 bits per heavy atom. The minimum atomic E-state index is -3.20. The summed E-state index contributed by atoms with van der Waals surface area (Å²) in [6.45, 7) is 0. The molecule has 0 atom stereocenters. The van der Waals surface area contributed by atoms with Gasteiger partial charge in [-0.2, -0.15) is 0 Å². The second-order valence-electron chi connectivity index (χ2n) is 1.21. The van der Waals surface area contributed by atoms with Crippen LogP contribution in [0.1, 0.15) is 0 Å². The third kappa shape index (κ3) is 8.25. The molecule has 0 aliphatic rings. The first kappa shape index (κ1) is 10.2. The van der Waals surface area contributed by atoms with Crippen molar-refractivity contribution in [2.45, 2.75) is 9.27 Å². The molecule has 0 aromatic rings. The molecule has 0 spiro atoms. The summed E-state index contributed by atoms with van der Waals surface area (Å²) in [5.74, 6) is 0. The van der Waals surface area contributed by atoms with Crippen molar-refractivity contribution >= 4 is 65.0 Å². The monoisotopic (exact) mass is 322 g/mol. The number of halogens is 5. The first-order valence-electron chi connectivity index (χ1n) is 1.77. The van der Waals surface area contributed by atoms with Crippen molar-refractivity contribution in [3.63, 3.8) is 0 Å². The van der Waals surface area contributed by atoms with Crippen molar-refractivity contribution in [2.75, 3.05) is 0 Å². The molecule has 0 unspecified atom stereocenters. The third-order valence-corrected chi connectivity index (χ3v) is 7.76. The van der Waals surface area contributed by atoms with Crippen molar-refractivity contribution in [1.29, 1.82) is 0 Å². The minimum absolute atomic E-state index is 0.364. The second kappa shape index (κ2) is 4.19. The Bertz CT molecular complexity index is 65.3. The van der Waals surface area contributed by atoms with Gasteiger partial charge in [-0.1, -0.05) is 0 Å². The van der Waals surface area contributed by atoms with Crippen molar-refractivity contribution in [2.24, 2.45) is 0 Å². The zero-order chi connectivity index (χ0) is 6.78. The zero-order valence-electron chi connectivity index (χ0n) is 3.67. The van der Waals surface area contributed by atoms with Gasteiger partial charge in [-0.05, 0) is 0 Å². The molecule has 0 aliphatic carbocycles. The molecular weight excluding hydrogens is 320 g/mol. The van der Waals surface area contributed by atoms with Gasteiger partial charge in [0.25, 0.3) is 0 Å². The van der Waals surface area contributed by atoms with E-state index in [-0.39, 0.29) is 0 Å². The van der Waals surface area contributed by atoms with Crippen LogP contribution in [0.3, 0.4) is 0 Å². The third-order valence-electron chi connectivity index (χ3n) is 0.386. The number of hydrogen-bond acceptors (Lipinski definition) is 0. The molecule has 50 valence electrons. The summed E-state index contributed by atoms with van der Waals surface area (Å²) in [4.78, 5) is -0.515. The van der Waals surface area contributed by atoms with Crippen molar-refractivity contribution < 1.29 is 0 Å². The van der Waals surface area contributed by atoms with E-state index in [9.17, 15) is 0 Å². The molecule has 8 heavy (non-hydrogen) atoms. The molecular formula is C2H3Cl5Sn. The fourth-order valence-electron chi connectivity index (χ4n) is 0.175. The molecule has 6 heteroatoms. The molecule has 0 fully saturated rings. The van der Waals surface area contributed by atoms with Crippen LogP contribution in [-0.4, -0.2) is 19.8 Å². The van der Waals surface area contributed by atoms with Crippen LogP contribution < -0.4 is 0 Å². The van der Waals surface area contributed by atoms with Crippen molar-refractivity contribution in [3.05, 3.63) is 0 Å². The molecule has 0 radical (unpaired) electrons. The molecule has 0 aromatic heterocycles. The van der Waals surface area contributed by atoms with E-state index in [2.05, 4.69) is 0 Å². The van der Waals surface area contributed by atoms with Gasteiger partial charge in [0.1, 0.15) is 0 Å². The van der Waals surface area contributed by atoms with Crippen LogP contribution in [0.2, 0.25) is 4.44 Å². The molecule has 0 saturated carbocycles. The normalized spacial score (nSPS) is 12.8. The first-order valence-corrected chi connectivity index (χ1v) is 15.5. The summed E-state index contributed by atoms with van der Waals surface area (Å²) in [6, 6.07) is 0. The van der Waals surface area contributed by atoms with Gasteiger partial charge in [-0.15, -0.1) is 0 Å². The molecule has 0 bridgehead atoms. The average molecular weight is 323 g/mol. The van der Waals surface area contributed by atoms with Gasteiger partial charge in [0, 0.05) is 0 Å². The Morgan fingerprint density at radius 1 is 1.12 bits per heavy atom. The van der Waals surface area contributed by atoms with E-state index in [1.807, 2.05) is 0 Å². The van der Waals surface area contributed by atoms with E-state index in [4.69, 9.17) is 50.0 Å². The van der Waals surface area contributed by atoms with Gasteiger partial charge in [-0.3, -0.25) is 0 Å². The second-order valence-corrected chi connectivity index (χ2v) is 24.0. The van der Waals surface area contributed by atoms with Crippen LogP contribution in [0.4, 0.5) is 0 Å². The van der Waals surface area contributed by atoms with Gasteiger partial charge in [0.2, 0.25) is 0 Å². The Hall–Kier alpha value is 2.25. The molecule has 0 saturated heterocycles. The number of rotatable bonds is 2. The predicted molar refractivity (Wildman–Crippen MR) is 43.6 cm³/mol. The summed E-state index contributed by atoms with van der Waals surface area (Å²) in [7, 11) is 16.5. The first-order chi connectivity index (χ1) is 3.42. The Labute approximate surface area is 73.4 Å². The van der Waals surface area contributed by atoms with Crippen LogP contribution in [0, 0.1) is 0 Å². The van der Waals surface area contributed by atoms with Crippen molar-refractivity contribution in [1.82, 2.24) is 0 Å². The van der Waals surface area contributed by atoms with Gasteiger partial charge in [-0.25, -0.2) is 0 Å². The number of hydrogen-bond donors (Lipinski definition) is 0. The topological polar surface area (TPSA) is 0 Å². The van der Waals surface area contributed by atoms with E-state index in [0.29, 0.717) is 4.44 Å². The van der Waals surface area contributed by atoms with E-state index < -0.39 is 19.8 Å². The molecule has 0 aromatic carbocycles. The van der Waals surface area contributed by atoms with Crippen LogP contribution in [0.25, 0.3) is 0 Å². The molecule has 0 amide bonds. The van der Waals surface area contributed by atoms with Crippen LogP contribution in [-0.2, 0) is 0 Å². The quantitative estimate of drug-likeness (QED) is 0.539. The van der Waals surface area contributed by atoms with Crippen LogP contribution in [0.15, 0.2) is 0 Å². The number of alkyl halides is 2. The Kier molecular flexibility index (Phi) is 5.37. The maximum atomic E-state index is 5.50. The molecule has 0 N–H and O–H groups in total. The summed E-state index contributed by atoms with van der Waals surface area (Å²) in [5, 5.41) is 0. The van der Waals surface area contributed by atoms with Gasteiger partial charge in [0.15, 0.2) is 0 Å².